The van der Waals surface area contributed by atoms with Crippen molar-refractivity contribution in [3.05, 3.63) is 120 Å². The fraction of sp³-hybridized carbons (Fsp3) is 0.422. The average Bonchev–Trinajstić information content (AvgIpc) is 3.58. The molecule has 5 atom stereocenters. The summed E-state index contributed by atoms with van der Waals surface area (Å²) in [5.41, 5.74) is 6.58. The molecule has 5 amide bonds. The number of urea groups is 1. The van der Waals surface area contributed by atoms with E-state index in [-0.39, 0.29) is 37.4 Å². The van der Waals surface area contributed by atoms with Crippen LogP contribution in [0.2, 0.25) is 0 Å². The van der Waals surface area contributed by atoms with Gasteiger partial charge in [0.05, 0.1) is 24.9 Å². The Labute approximate surface area is 347 Å². The molecule has 2 aromatic heterocycles. The van der Waals surface area contributed by atoms with Crippen molar-refractivity contribution in [3.8, 4) is 11.3 Å². The molecule has 2 aromatic carbocycles. The number of aliphatic hydroxyl groups excluding tert-OH is 1. The fourth-order valence-corrected chi connectivity index (χ4v) is 7.18. The zero-order valence-electron chi connectivity index (χ0n) is 34.9. The molecule has 4 aromatic rings. The zero-order chi connectivity index (χ0) is 42.5. The molecule has 1 fully saturated rings. The predicted molar refractivity (Wildman–Crippen MR) is 225 cm³/mol. The summed E-state index contributed by atoms with van der Waals surface area (Å²) >= 11 is 0. The summed E-state index contributed by atoms with van der Waals surface area (Å²) in [6.07, 6.45) is 4.10. The second kappa shape index (κ2) is 20.7. The number of rotatable bonds is 18. The van der Waals surface area contributed by atoms with Crippen LogP contribution in [0.25, 0.3) is 11.3 Å². The van der Waals surface area contributed by atoms with Crippen molar-refractivity contribution in [2.45, 2.75) is 84.8 Å². The number of nitrogens with zero attached hydrogens (tertiary/aromatic N) is 5. The van der Waals surface area contributed by atoms with Gasteiger partial charge in [0, 0.05) is 56.9 Å². The average molecular weight is 807 g/mol. The van der Waals surface area contributed by atoms with E-state index in [1.165, 1.54) is 7.11 Å². The van der Waals surface area contributed by atoms with Crippen molar-refractivity contribution in [1.82, 2.24) is 40.8 Å². The Balaban J connectivity index is 1.41. The van der Waals surface area contributed by atoms with E-state index in [1.807, 2.05) is 120 Å². The number of alkyl carbamates (subject to hydrolysis) is 1. The third-order valence-electron chi connectivity index (χ3n) is 10.6. The summed E-state index contributed by atoms with van der Waals surface area (Å²) in [4.78, 5) is 66.6. The van der Waals surface area contributed by atoms with Crippen molar-refractivity contribution in [3.63, 3.8) is 0 Å². The molecule has 1 saturated heterocycles. The highest BCUT2D eigenvalue weighted by Gasteiger charge is 2.41. The van der Waals surface area contributed by atoms with Gasteiger partial charge >= 0.3 is 12.1 Å². The zero-order valence-corrected chi connectivity index (χ0v) is 34.9. The van der Waals surface area contributed by atoms with Crippen LogP contribution in [0.4, 0.5) is 9.59 Å². The van der Waals surface area contributed by atoms with E-state index in [4.69, 9.17) is 4.74 Å². The molecule has 0 aliphatic carbocycles. The molecular weight excluding hydrogens is 749 g/mol. The highest BCUT2D eigenvalue weighted by Crippen LogP contribution is 2.24. The summed E-state index contributed by atoms with van der Waals surface area (Å²) in [6, 6.07) is 23.9. The highest BCUT2D eigenvalue weighted by atomic mass is 16.5. The molecule has 0 radical (unpaired) electrons. The van der Waals surface area contributed by atoms with Gasteiger partial charge < -0.3 is 30.3 Å². The third kappa shape index (κ3) is 12.3. The first kappa shape index (κ1) is 44.2. The lowest BCUT2D eigenvalue weighted by Crippen LogP contribution is -2.60. The number of ether oxygens (including phenoxy) is 1. The van der Waals surface area contributed by atoms with E-state index in [1.54, 1.807) is 33.4 Å². The second-order valence-electron chi connectivity index (χ2n) is 16.2. The van der Waals surface area contributed by atoms with Crippen LogP contribution < -0.4 is 16.1 Å². The van der Waals surface area contributed by atoms with Crippen molar-refractivity contribution >= 4 is 23.9 Å². The standard InChI is InChI=1S/C45H58N8O6/c1-7-31(2)39(53-25-24-51(44(53)58)28-34-16-13-22-46-27-34)41(55)48-37(26-32-14-9-8-10-15-32)38(54)30-52(50-42(56)40(45(3,4)5)49-43(57)59-6)29-33-18-20-35(21-19-33)36-17-11-12-23-47-36/h8-23,27,31,37-40,54H,7,24-26,28-30H2,1-6H3,(H,48,55)(H,49,57)(H,50,56). The minimum absolute atomic E-state index is 0.101. The van der Waals surface area contributed by atoms with Gasteiger partial charge in [-0.15, -0.1) is 0 Å². The maximum absolute atomic E-state index is 14.5. The van der Waals surface area contributed by atoms with Gasteiger partial charge in [-0.3, -0.25) is 25.0 Å². The van der Waals surface area contributed by atoms with Gasteiger partial charge in [-0.25, -0.2) is 14.6 Å². The quantitative estimate of drug-likeness (QED) is 0.0990. The number of carbonyl (C=O) groups is 4. The number of hydrazine groups is 1. The van der Waals surface area contributed by atoms with E-state index in [0.29, 0.717) is 26.1 Å². The first-order valence-electron chi connectivity index (χ1n) is 20.1. The molecule has 0 spiro atoms. The number of aliphatic hydroxyl groups is 1. The first-order valence-corrected chi connectivity index (χ1v) is 20.1. The molecule has 4 N–H and O–H groups in total. The lowest BCUT2D eigenvalue weighted by atomic mass is 9.86. The monoisotopic (exact) mass is 806 g/mol. The number of methoxy groups -OCH3 is 1. The number of hydrogen-bond donors (Lipinski definition) is 4. The number of nitrogens with one attached hydrogen (secondary N) is 3. The number of benzene rings is 2. The van der Waals surface area contributed by atoms with Crippen LogP contribution in [0.15, 0.2) is 104 Å². The van der Waals surface area contributed by atoms with Crippen LogP contribution >= 0.6 is 0 Å². The minimum atomic E-state index is -1.21. The maximum Gasteiger partial charge on any atom is 0.407 e. The van der Waals surface area contributed by atoms with Crippen molar-refractivity contribution in [2.75, 3.05) is 26.7 Å². The van der Waals surface area contributed by atoms with Gasteiger partial charge in [-0.2, -0.15) is 0 Å². The highest BCUT2D eigenvalue weighted by molar-refractivity contribution is 5.88. The number of carbonyl (C=O) groups excluding carboxylic acids is 4. The Bertz CT molecular complexity index is 1960. The SMILES string of the molecule is CCC(C)C(C(=O)NC(Cc1ccccc1)C(O)CN(Cc1ccc(-c2ccccn2)cc1)NC(=O)C(NC(=O)OC)C(C)(C)C)N1CCN(Cc2cccnc2)C1=O. The molecule has 14 nitrogen and oxygen atoms in total. The Hall–Kier alpha value is -5.86. The second-order valence-corrected chi connectivity index (χ2v) is 16.2. The lowest BCUT2D eigenvalue weighted by Gasteiger charge is -2.36. The van der Waals surface area contributed by atoms with Crippen LogP contribution in [0.1, 0.15) is 57.7 Å². The van der Waals surface area contributed by atoms with Crippen LogP contribution in [0, 0.1) is 11.3 Å². The van der Waals surface area contributed by atoms with Crippen molar-refractivity contribution in [2.24, 2.45) is 11.3 Å². The van der Waals surface area contributed by atoms with Crippen molar-refractivity contribution in [1.29, 1.82) is 0 Å². The third-order valence-corrected chi connectivity index (χ3v) is 10.6. The summed E-state index contributed by atoms with van der Waals surface area (Å²) in [7, 11) is 1.23. The van der Waals surface area contributed by atoms with E-state index < -0.39 is 41.6 Å². The lowest BCUT2D eigenvalue weighted by molar-refractivity contribution is -0.132. The molecule has 0 bridgehead atoms. The Kier molecular flexibility index (Phi) is 15.5. The number of amides is 5. The summed E-state index contributed by atoms with van der Waals surface area (Å²) in [5, 5.41) is 19.5. The molecule has 5 unspecified atom stereocenters. The van der Waals surface area contributed by atoms with E-state index in [2.05, 4.69) is 26.0 Å². The van der Waals surface area contributed by atoms with Crippen LogP contribution in [-0.2, 0) is 33.8 Å². The minimum Gasteiger partial charge on any atom is -0.453 e. The van der Waals surface area contributed by atoms with E-state index >= 15 is 0 Å². The molecule has 1 aliphatic heterocycles. The van der Waals surface area contributed by atoms with Gasteiger partial charge in [0.25, 0.3) is 5.91 Å². The van der Waals surface area contributed by atoms with Gasteiger partial charge in [0.1, 0.15) is 12.1 Å². The van der Waals surface area contributed by atoms with Gasteiger partial charge in [0.2, 0.25) is 5.91 Å². The molecule has 3 heterocycles. The predicted octanol–water partition coefficient (Wildman–Crippen LogP) is 5.19. The molecule has 1 aliphatic rings. The van der Waals surface area contributed by atoms with Crippen LogP contribution in [0.3, 0.4) is 0 Å². The largest absolute Gasteiger partial charge is 0.453 e. The normalized spacial score (nSPS) is 15.6. The number of pyridine rings is 2. The number of aromatic nitrogens is 2. The maximum atomic E-state index is 14.5. The molecule has 5 rings (SSSR count). The van der Waals surface area contributed by atoms with Gasteiger partial charge in [-0.05, 0) is 52.6 Å². The van der Waals surface area contributed by atoms with Crippen LogP contribution in [0.5, 0.6) is 0 Å². The van der Waals surface area contributed by atoms with E-state index in [9.17, 15) is 24.3 Å². The Morgan fingerprint density at radius 1 is 0.881 bits per heavy atom. The summed E-state index contributed by atoms with van der Waals surface area (Å²) < 4.78 is 4.83. The van der Waals surface area contributed by atoms with Gasteiger partial charge in [0.15, 0.2) is 0 Å². The first-order chi connectivity index (χ1) is 28.3. The fourth-order valence-electron chi connectivity index (χ4n) is 7.18. The van der Waals surface area contributed by atoms with E-state index in [0.717, 1.165) is 27.9 Å². The molecular formula is C45H58N8O6. The smallest absolute Gasteiger partial charge is 0.407 e. The van der Waals surface area contributed by atoms with Gasteiger partial charge in [-0.1, -0.05) is 108 Å². The van der Waals surface area contributed by atoms with Crippen molar-refractivity contribution < 1.29 is 29.0 Å². The molecule has 59 heavy (non-hydrogen) atoms. The molecule has 314 valence electrons. The number of hydrogen-bond acceptors (Lipinski definition) is 9. The Morgan fingerprint density at radius 3 is 2.22 bits per heavy atom. The molecule has 0 saturated carbocycles. The Morgan fingerprint density at radius 2 is 1.59 bits per heavy atom. The topological polar surface area (TPSA) is 169 Å². The van der Waals surface area contributed by atoms with Crippen LogP contribution in [-0.4, -0.2) is 105 Å². The summed E-state index contributed by atoms with van der Waals surface area (Å²) in [5.74, 6) is -1.07. The molecule has 14 heteroatoms. The summed E-state index contributed by atoms with van der Waals surface area (Å²) in [6.45, 7) is 10.7.